The Hall–Kier alpha value is -2.12. The molecule has 12 nitrogen and oxygen atoms in total. The van der Waals surface area contributed by atoms with Crippen LogP contribution in [-0.4, -0.2) is 134 Å². The first kappa shape index (κ1) is 28.5. The summed E-state index contributed by atoms with van der Waals surface area (Å²) in [7, 11) is 1.71. The van der Waals surface area contributed by atoms with Gasteiger partial charge in [0.15, 0.2) is 0 Å². The SMILES string of the molecule is CCCN1CCN(C(=O)Cn2cc(COCCOCCOCC(=O)N3CCC(OC)CC3)nn2)CC1. The number of ether oxygens (including phenoxy) is 4. The van der Waals surface area contributed by atoms with Crippen molar-refractivity contribution in [3.8, 4) is 0 Å². The lowest BCUT2D eigenvalue weighted by atomic mass is 10.1. The zero-order valence-corrected chi connectivity index (χ0v) is 21.8. The van der Waals surface area contributed by atoms with Gasteiger partial charge in [0.25, 0.3) is 0 Å². The van der Waals surface area contributed by atoms with Crippen LogP contribution in [0.2, 0.25) is 0 Å². The smallest absolute Gasteiger partial charge is 0.248 e. The Morgan fingerprint density at radius 1 is 0.917 bits per heavy atom. The first-order valence-corrected chi connectivity index (χ1v) is 13.0. The molecule has 2 fully saturated rings. The number of hydrogen-bond donors (Lipinski definition) is 0. The molecule has 1 aromatic heterocycles. The van der Waals surface area contributed by atoms with Gasteiger partial charge in [-0.15, -0.1) is 5.10 Å². The summed E-state index contributed by atoms with van der Waals surface area (Å²) in [6.45, 7) is 10.2. The highest BCUT2D eigenvalue weighted by Gasteiger charge is 2.23. The number of piperidine rings is 1. The van der Waals surface area contributed by atoms with Crippen molar-refractivity contribution in [2.75, 3.05) is 86.0 Å². The van der Waals surface area contributed by atoms with Gasteiger partial charge in [-0.1, -0.05) is 12.1 Å². The maximum atomic E-state index is 12.5. The zero-order valence-electron chi connectivity index (χ0n) is 21.8. The number of likely N-dealkylation sites (tertiary alicyclic amines) is 1. The summed E-state index contributed by atoms with van der Waals surface area (Å²) >= 11 is 0. The Balaban J connectivity index is 1.17. The number of aromatic nitrogens is 3. The van der Waals surface area contributed by atoms with Gasteiger partial charge in [0.1, 0.15) is 18.8 Å². The van der Waals surface area contributed by atoms with E-state index < -0.39 is 0 Å². The van der Waals surface area contributed by atoms with Gasteiger partial charge < -0.3 is 28.7 Å². The van der Waals surface area contributed by atoms with E-state index in [0.29, 0.717) is 38.7 Å². The molecule has 0 unspecified atom stereocenters. The summed E-state index contributed by atoms with van der Waals surface area (Å²) in [5.74, 6) is 0.0775. The lowest BCUT2D eigenvalue weighted by Gasteiger charge is -2.34. The Morgan fingerprint density at radius 3 is 2.28 bits per heavy atom. The Labute approximate surface area is 213 Å². The van der Waals surface area contributed by atoms with E-state index in [0.717, 1.165) is 65.1 Å². The summed E-state index contributed by atoms with van der Waals surface area (Å²) < 4.78 is 23.4. The largest absolute Gasteiger partial charge is 0.381 e. The fourth-order valence-electron chi connectivity index (χ4n) is 4.36. The van der Waals surface area contributed by atoms with Gasteiger partial charge in [0, 0.05) is 46.4 Å². The van der Waals surface area contributed by atoms with E-state index >= 15 is 0 Å². The second-order valence-electron chi connectivity index (χ2n) is 9.16. The molecule has 0 saturated carbocycles. The minimum atomic E-state index is 0.0113. The number of nitrogens with zero attached hydrogens (tertiary/aromatic N) is 6. The quantitative estimate of drug-likeness (QED) is 0.302. The third-order valence-corrected chi connectivity index (χ3v) is 6.50. The second-order valence-corrected chi connectivity index (χ2v) is 9.16. The molecule has 36 heavy (non-hydrogen) atoms. The topological polar surface area (TPSA) is 111 Å². The van der Waals surface area contributed by atoms with Crippen molar-refractivity contribution in [1.29, 1.82) is 0 Å². The van der Waals surface area contributed by atoms with Crippen LogP contribution < -0.4 is 0 Å². The average Bonchev–Trinajstić information content (AvgIpc) is 3.35. The van der Waals surface area contributed by atoms with Crippen molar-refractivity contribution in [1.82, 2.24) is 29.7 Å². The van der Waals surface area contributed by atoms with E-state index in [-0.39, 0.29) is 31.1 Å². The van der Waals surface area contributed by atoms with Gasteiger partial charge in [-0.2, -0.15) is 0 Å². The molecule has 0 N–H and O–H groups in total. The second kappa shape index (κ2) is 15.9. The molecule has 2 aliphatic rings. The maximum absolute atomic E-state index is 12.5. The Morgan fingerprint density at radius 2 is 1.58 bits per heavy atom. The van der Waals surface area contributed by atoms with E-state index in [1.165, 1.54) is 0 Å². The molecule has 12 heteroatoms. The number of carbonyl (C=O) groups is 2. The van der Waals surface area contributed by atoms with Crippen LogP contribution >= 0.6 is 0 Å². The number of methoxy groups -OCH3 is 1. The zero-order chi connectivity index (χ0) is 25.6. The molecule has 2 saturated heterocycles. The summed E-state index contributed by atoms with van der Waals surface area (Å²) in [4.78, 5) is 30.8. The first-order chi connectivity index (χ1) is 17.6. The van der Waals surface area contributed by atoms with E-state index in [9.17, 15) is 9.59 Å². The van der Waals surface area contributed by atoms with Crippen LogP contribution in [-0.2, 0) is 41.7 Å². The van der Waals surface area contributed by atoms with Crippen LogP contribution in [0.3, 0.4) is 0 Å². The summed E-state index contributed by atoms with van der Waals surface area (Å²) in [6.07, 6.45) is 4.88. The van der Waals surface area contributed by atoms with Crippen molar-refractivity contribution < 1.29 is 28.5 Å². The number of carbonyl (C=O) groups excluding carboxylic acids is 2. The predicted molar refractivity (Wildman–Crippen MR) is 131 cm³/mol. The van der Waals surface area contributed by atoms with Gasteiger partial charge in [-0.3, -0.25) is 14.5 Å². The average molecular weight is 511 g/mol. The van der Waals surface area contributed by atoms with E-state index in [2.05, 4.69) is 22.1 Å². The summed E-state index contributed by atoms with van der Waals surface area (Å²) in [5.41, 5.74) is 0.673. The molecule has 0 radical (unpaired) electrons. The first-order valence-electron chi connectivity index (χ1n) is 13.0. The molecule has 204 valence electrons. The highest BCUT2D eigenvalue weighted by Crippen LogP contribution is 2.12. The lowest BCUT2D eigenvalue weighted by molar-refractivity contribution is -0.139. The summed E-state index contributed by atoms with van der Waals surface area (Å²) in [6, 6.07) is 0. The van der Waals surface area contributed by atoms with Crippen LogP contribution in [0.15, 0.2) is 6.20 Å². The van der Waals surface area contributed by atoms with Gasteiger partial charge in [-0.05, 0) is 25.8 Å². The van der Waals surface area contributed by atoms with E-state index in [1.54, 1.807) is 18.0 Å². The highest BCUT2D eigenvalue weighted by molar-refractivity contribution is 5.77. The van der Waals surface area contributed by atoms with Crippen LogP contribution in [0, 0.1) is 0 Å². The number of amides is 2. The summed E-state index contributed by atoms with van der Waals surface area (Å²) in [5, 5.41) is 8.12. The van der Waals surface area contributed by atoms with Crippen LogP contribution in [0.1, 0.15) is 31.9 Å². The van der Waals surface area contributed by atoms with Crippen molar-refractivity contribution in [2.24, 2.45) is 0 Å². The number of hydrogen-bond acceptors (Lipinski definition) is 9. The minimum absolute atomic E-state index is 0.0113. The molecule has 1 aromatic rings. The Bertz CT molecular complexity index is 777. The molecule has 0 bridgehead atoms. The maximum Gasteiger partial charge on any atom is 0.248 e. The monoisotopic (exact) mass is 510 g/mol. The molecular formula is C24H42N6O6. The molecule has 0 spiro atoms. The van der Waals surface area contributed by atoms with Crippen molar-refractivity contribution >= 4 is 11.8 Å². The molecule has 2 amide bonds. The molecule has 2 aliphatic heterocycles. The molecule has 3 rings (SSSR count). The van der Waals surface area contributed by atoms with Crippen LogP contribution in [0.25, 0.3) is 0 Å². The molecule has 3 heterocycles. The number of piperazine rings is 1. The highest BCUT2D eigenvalue weighted by atomic mass is 16.5. The normalized spacial score (nSPS) is 17.6. The Kier molecular flexibility index (Phi) is 12.5. The van der Waals surface area contributed by atoms with Crippen molar-refractivity contribution in [3.63, 3.8) is 0 Å². The van der Waals surface area contributed by atoms with E-state index in [1.807, 2.05) is 9.80 Å². The third-order valence-electron chi connectivity index (χ3n) is 6.50. The van der Waals surface area contributed by atoms with Crippen molar-refractivity contribution in [2.45, 2.75) is 45.4 Å². The molecular weight excluding hydrogens is 468 g/mol. The van der Waals surface area contributed by atoms with Gasteiger partial charge in [0.05, 0.1) is 45.3 Å². The van der Waals surface area contributed by atoms with Gasteiger partial charge in [-0.25, -0.2) is 4.68 Å². The van der Waals surface area contributed by atoms with Crippen molar-refractivity contribution in [3.05, 3.63) is 11.9 Å². The van der Waals surface area contributed by atoms with Crippen LogP contribution in [0.5, 0.6) is 0 Å². The predicted octanol–water partition coefficient (Wildman–Crippen LogP) is 0.0195. The molecule has 0 atom stereocenters. The van der Waals surface area contributed by atoms with E-state index in [4.69, 9.17) is 18.9 Å². The molecule has 0 aromatic carbocycles. The van der Waals surface area contributed by atoms with Gasteiger partial charge in [0.2, 0.25) is 11.8 Å². The third kappa shape index (κ3) is 9.74. The van der Waals surface area contributed by atoms with Gasteiger partial charge >= 0.3 is 0 Å². The minimum Gasteiger partial charge on any atom is -0.381 e. The standard InChI is InChI=1S/C24H42N6O6/c1-3-6-27-9-11-29(12-10-27)23(31)18-30-17-21(25-26-30)19-35-15-13-34-14-16-36-20-24(32)28-7-4-22(33-2)5-8-28/h17,22H,3-16,18-20H2,1-2H3. The molecule has 0 aliphatic carbocycles. The lowest BCUT2D eigenvalue weighted by Crippen LogP contribution is -2.49. The number of rotatable bonds is 15. The van der Waals surface area contributed by atoms with Crippen LogP contribution in [0.4, 0.5) is 0 Å². The fourth-order valence-corrected chi connectivity index (χ4v) is 4.36. The fraction of sp³-hybridized carbons (Fsp3) is 0.833.